The van der Waals surface area contributed by atoms with Crippen LogP contribution in [0.4, 0.5) is 0 Å². The highest BCUT2D eigenvalue weighted by atomic mass is 32.1. The van der Waals surface area contributed by atoms with Gasteiger partial charge in [-0.1, -0.05) is 6.92 Å². The van der Waals surface area contributed by atoms with E-state index in [1.807, 2.05) is 30.2 Å². The van der Waals surface area contributed by atoms with Gasteiger partial charge in [0.2, 0.25) is 0 Å². The third-order valence-corrected chi connectivity index (χ3v) is 5.33. The maximum atomic E-state index is 12.4. The first kappa shape index (κ1) is 17.6. The van der Waals surface area contributed by atoms with Gasteiger partial charge in [-0.3, -0.25) is 14.5 Å². The van der Waals surface area contributed by atoms with Crippen LogP contribution < -0.4 is 5.32 Å². The fourth-order valence-electron chi connectivity index (χ4n) is 3.11. The molecule has 0 unspecified atom stereocenters. The molecule has 0 bridgehead atoms. The van der Waals surface area contributed by atoms with Crippen LogP contribution in [0.15, 0.2) is 17.6 Å². The van der Waals surface area contributed by atoms with E-state index in [2.05, 4.69) is 15.3 Å². The van der Waals surface area contributed by atoms with Crippen LogP contribution in [0.3, 0.4) is 0 Å². The summed E-state index contributed by atoms with van der Waals surface area (Å²) < 4.78 is 0. The lowest BCUT2D eigenvalue weighted by molar-refractivity contribution is -0.139. The number of carbonyl (C=O) groups is 2. The number of aryl methyl sites for hydroxylation is 1. The zero-order chi connectivity index (χ0) is 18.0. The van der Waals surface area contributed by atoms with Gasteiger partial charge in [0, 0.05) is 29.2 Å². The van der Waals surface area contributed by atoms with Crippen LogP contribution in [0.2, 0.25) is 0 Å². The number of aromatic amines is 1. The number of hydrogen-bond acceptors (Lipinski definition) is 5. The van der Waals surface area contributed by atoms with E-state index in [9.17, 15) is 9.59 Å². The summed E-state index contributed by atoms with van der Waals surface area (Å²) in [5.74, 6) is -0.950. The Balaban J connectivity index is 1.52. The molecule has 1 amide bonds. The van der Waals surface area contributed by atoms with Crippen LogP contribution in [0.5, 0.6) is 0 Å². The monoisotopic (exact) mass is 362 g/mol. The third-order valence-electron chi connectivity index (χ3n) is 4.55. The van der Waals surface area contributed by atoms with Gasteiger partial charge in [0.15, 0.2) is 0 Å². The number of nitrogens with zero attached hydrogens (tertiary/aromatic N) is 2. The minimum atomic E-state index is -0.814. The number of rotatable bonds is 7. The zero-order valence-corrected chi connectivity index (χ0v) is 15.1. The molecule has 2 aromatic rings. The van der Waals surface area contributed by atoms with Gasteiger partial charge < -0.3 is 15.4 Å². The topological polar surface area (TPSA) is 98.3 Å². The first-order chi connectivity index (χ1) is 12.0. The highest BCUT2D eigenvalue weighted by Gasteiger charge is 2.34. The lowest BCUT2D eigenvalue weighted by Gasteiger charge is -2.42. The first-order valence-electron chi connectivity index (χ1n) is 8.34. The summed E-state index contributed by atoms with van der Waals surface area (Å²) in [5.41, 5.74) is 2.29. The van der Waals surface area contributed by atoms with Gasteiger partial charge in [-0.05, 0) is 32.4 Å². The maximum absolute atomic E-state index is 12.4. The third kappa shape index (κ3) is 4.08. The molecule has 1 aliphatic carbocycles. The van der Waals surface area contributed by atoms with Crippen molar-refractivity contribution in [3.05, 3.63) is 28.3 Å². The zero-order valence-electron chi connectivity index (χ0n) is 14.3. The summed E-state index contributed by atoms with van der Waals surface area (Å²) in [5, 5.41) is 14.9. The molecule has 8 heteroatoms. The highest BCUT2D eigenvalue weighted by Crippen LogP contribution is 2.26. The molecule has 3 rings (SSSR count). The van der Waals surface area contributed by atoms with Crippen LogP contribution in [-0.4, -0.2) is 57.0 Å². The maximum Gasteiger partial charge on any atom is 0.317 e. The van der Waals surface area contributed by atoms with E-state index in [1.54, 1.807) is 17.5 Å². The molecule has 0 aromatic carbocycles. The molecule has 0 radical (unpaired) electrons. The van der Waals surface area contributed by atoms with Crippen molar-refractivity contribution >= 4 is 23.2 Å². The summed E-state index contributed by atoms with van der Waals surface area (Å²) >= 11 is 1.58. The van der Waals surface area contributed by atoms with Gasteiger partial charge in [-0.25, -0.2) is 4.98 Å². The number of aromatic nitrogens is 2. The molecule has 0 spiro atoms. The molecule has 2 aromatic heterocycles. The van der Waals surface area contributed by atoms with Gasteiger partial charge in [0.1, 0.15) is 5.69 Å². The SMILES string of the molecule is CCN(CC(=O)O)C1CC(NC(=O)c2cc(-c3csc(C)n3)c[nH]2)C1. The number of thiazole rings is 1. The highest BCUT2D eigenvalue weighted by molar-refractivity contribution is 7.09. The molecular formula is C17H22N4O3S. The van der Waals surface area contributed by atoms with Crippen molar-refractivity contribution < 1.29 is 14.7 Å². The molecule has 1 aliphatic rings. The molecule has 25 heavy (non-hydrogen) atoms. The number of carboxylic acid groups (broad SMARTS) is 1. The Hall–Kier alpha value is -2.19. The second-order valence-corrected chi connectivity index (χ2v) is 7.37. The minimum Gasteiger partial charge on any atom is -0.480 e. The van der Waals surface area contributed by atoms with E-state index < -0.39 is 5.97 Å². The Morgan fingerprint density at radius 1 is 1.48 bits per heavy atom. The van der Waals surface area contributed by atoms with Crippen LogP contribution in [-0.2, 0) is 4.79 Å². The molecule has 7 nitrogen and oxygen atoms in total. The molecule has 0 aliphatic heterocycles. The predicted octanol–water partition coefficient (Wildman–Crippen LogP) is 2.11. The summed E-state index contributed by atoms with van der Waals surface area (Å²) in [4.78, 5) is 32.6. The number of H-pyrrole nitrogens is 1. The molecule has 0 atom stereocenters. The summed E-state index contributed by atoms with van der Waals surface area (Å²) in [7, 11) is 0. The van der Waals surface area contributed by atoms with Crippen molar-refractivity contribution in [1.82, 2.24) is 20.2 Å². The van der Waals surface area contributed by atoms with E-state index >= 15 is 0 Å². The number of carboxylic acids is 1. The average Bonchev–Trinajstić information content (AvgIpc) is 3.16. The second-order valence-electron chi connectivity index (χ2n) is 6.31. The van der Waals surface area contributed by atoms with Crippen LogP contribution in [0, 0.1) is 6.92 Å². The Morgan fingerprint density at radius 2 is 2.24 bits per heavy atom. The van der Waals surface area contributed by atoms with Crippen molar-refractivity contribution in [1.29, 1.82) is 0 Å². The average molecular weight is 362 g/mol. The first-order valence-corrected chi connectivity index (χ1v) is 9.21. The van der Waals surface area contributed by atoms with Gasteiger partial charge in [-0.2, -0.15) is 0 Å². The number of nitrogens with one attached hydrogen (secondary N) is 2. The molecular weight excluding hydrogens is 340 g/mol. The molecule has 1 fully saturated rings. The van der Waals surface area contributed by atoms with Gasteiger partial charge in [0.25, 0.3) is 5.91 Å². The minimum absolute atomic E-state index is 0.0505. The van der Waals surface area contributed by atoms with Crippen LogP contribution >= 0.6 is 11.3 Å². The summed E-state index contributed by atoms with van der Waals surface area (Å²) in [6.45, 7) is 4.65. The van der Waals surface area contributed by atoms with Crippen LogP contribution in [0.25, 0.3) is 11.3 Å². The van der Waals surface area contributed by atoms with Crippen molar-refractivity contribution in [2.45, 2.75) is 38.8 Å². The Bertz CT molecular complexity index is 764. The Kier molecular flexibility index (Phi) is 5.19. The lowest BCUT2D eigenvalue weighted by atomic mass is 9.85. The van der Waals surface area contributed by atoms with E-state index in [0.29, 0.717) is 12.2 Å². The predicted molar refractivity (Wildman–Crippen MR) is 95.8 cm³/mol. The Morgan fingerprint density at radius 3 is 2.84 bits per heavy atom. The second kappa shape index (κ2) is 7.37. The van der Waals surface area contributed by atoms with Crippen molar-refractivity contribution in [2.75, 3.05) is 13.1 Å². The van der Waals surface area contributed by atoms with Gasteiger partial charge >= 0.3 is 5.97 Å². The quantitative estimate of drug-likeness (QED) is 0.701. The molecule has 2 heterocycles. The van der Waals surface area contributed by atoms with Crippen molar-refractivity contribution in [2.24, 2.45) is 0 Å². The fraction of sp³-hybridized carbons (Fsp3) is 0.471. The Labute approximate surface area is 150 Å². The van der Waals surface area contributed by atoms with Crippen molar-refractivity contribution in [3.63, 3.8) is 0 Å². The lowest BCUT2D eigenvalue weighted by Crippen LogP contribution is -2.54. The van der Waals surface area contributed by atoms with Gasteiger partial charge in [0.05, 0.1) is 17.2 Å². The number of likely N-dealkylation sites (N-methyl/N-ethyl adjacent to an activating group) is 1. The van der Waals surface area contributed by atoms with Gasteiger partial charge in [-0.15, -0.1) is 11.3 Å². The largest absolute Gasteiger partial charge is 0.480 e. The van der Waals surface area contributed by atoms with E-state index in [-0.39, 0.29) is 24.5 Å². The number of amides is 1. The standard InChI is InChI=1S/C17H22N4O3S/c1-3-21(8-16(22)23)13-5-12(6-13)20-17(24)14-4-11(7-18-14)15-9-25-10(2)19-15/h4,7,9,12-13,18H,3,5-6,8H2,1-2H3,(H,20,24)(H,22,23). The number of aliphatic carboxylic acids is 1. The molecule has 0 saturated heterocycles. The number of carbonyl (C=O) groups excluding carboxylic acids is 1. The molecule has 3 N–H and O–H groups in total. The van der Waals surface area contributed by atoms with E-state index in [4.69, 9.17) is 5.11 Å². The van der Waals surface area contributed by atoms with E-state index in [0.717, 1.165) is 29.1 Å². The van der Waals surface area contributed by atoms with Crippen molar-refractivity contribution in [3.8, 4) is 11.3 Å². The normalized spacial score (nSPS) is 19.6. The fourth-order valence-corrected chi connectivity index (χ4v) is 3.73. The summed E-state index contributed by atoms with van der Waals surface area (Å²) in [6.07, 6.45) is 3.36. The molecule has 134 valence electrons. The van der Waals surface area contributed by atoms with Crippen LogP contribution in [0.1, 0.15) is 35.3 Å². The smallest absolute Gasteiger partial charge is 0.317 e. The van der Waals surface area contributed by atoms with E-state index in [1.165, 1.54) is 0 Å². The number of hydrogen-bond donors (Lipinski definition) is 3. The summed E-state index contributed by atoms with van der Waals surface area (Å²) in [6, 6.07) is 2.13. The molecule has 1 saturated carbocycles.